The summed E-state index contributed by atoms with van der Waals surface area (Å²) in [4.78, 5) is 15.3. The van der Waals surface area contributed by atoms with Crippen LogP contribution in [0.5, 0.6) is 5.75 Å². The predicted molar refractivity (Wildman–Crippen MR) is 60.5 cm³/mol. The van der Waals surface area contributed by atoms with Gasteiger partial charge in [-0.15, -0.1) is 0 Å². The van der Waals surface area contributed by atoms with Gasteiger partial charge in [-0.3, -0.25) is 4.79 Å². The van der Waals surface area contributed by atoms with Crippen LogP contribution in [0, 0.1) is 0 Å². The summed E-state index contributed by atoms with van der Waals surface area (Å²) in [7, 11) is 0. The van der Waals surface area contributed by atoms with Crippen molar-refractivity contribution in [2.24, 2.45) is 5.73 Å². The van der Waals surface area contributed by atoms with Gasteiger partial charge in [-0.25, -0.2) is 4.98 Å². The van der Waals surface area contributed by atoms with Crippen LogP contribution >= 0.6 is 0 Å². The molecule has 0 bridgehead atoms. The van der Waals surface area contributed by atoms with Gasteiger partial charge in [0.15, 0.2) is 0 Å². The van der Waals surface area contributed by atoms with Crippen molar-refractivity contribution in [1.82, 2.24) is 4.98 Å². The highest BCUT2D eigenvalue weighted by molar-refractivity contribution is 5.92. The van der Waals surface area contributed by atoms with E-state index in [1.807, 2.05) is 19.9 Å². The SMILES string of the molecule is CC(C)c1cc(OC2CC2)cnc1C(N)=O. The maximum absolute atomic E-state index is 11.2. The van der Waals surface area contributed by atoms with Gasteiger partial charge in [-0.05, 0) is 30.4 Å². The fourth-order valence-corrected chi connectivity index (χ4v) is 1.55. The van der Waals surface area contributed by atoms with Gasteiger partial charge in [0.2, 0.25) is 0 Å². The van der Waals surface area contributed by atoms with Crippen molar-refractivity contribution in [2.75, 3.05) is 0 Å². The van der Waals surface area contributed by atoms with E-state index in [2.05, 4.69) is 4.98 Å². The molecule has 0 unspecified atom stereocenters. The topological polar surface area (TPSA) is 65.2 Å². The van der Waals surface area contributed by atoms with Gasteiger partial charge in [0.25, 0.3) is 5.91 Å². The minimum atomic E-state index is -0.485. The molecule has 16 heavy (non-hydrogen) atoms. The number of ether oxygens (including phenoxy) is 1. The molecule has 0 radical (unpaired) electrons. The molecule has 1 fully saturated rings. The third kappa shape index (κ3) is 2.32. The Labute approximate surface area is 94.8 Å². The van der Waals surface area contributed by atoms with E-state index in [9.17, 15) is 4.79 Å². The lowest BCUT2D eigenvalue weighted by molar-refractivity contribution is 0.0994. The Hall–Kier alpha value is -1.58. The summed E-state index contributed by atoms with van der Waals surface area (Å²) in [6, 6.07) is 1.87. The van der Waals surface area contributed by atoms with Gasteiger partial charge in [-0.1, -0.05) is 13.8 Å². The van der Waals surface area contributed by atoms with Crippen molar-refractivity contribution in [3.8, 4) is 5.75 Å². The van der Waals surface area contributed by atoms with Crippen LogP contribution in [0.15, 0.2) is 12.3 Å². The van der Waals surface area contributed by atoms with E-state index in [-0.39, 0.29) is 5.92 Å². The van der Waals surface area contributed by atoms with Crippen molar-refractivity contribution in [3.05, 3.63) is 23.5 Å². The van der Waals surface area contributed by atoms with E-state index >= 15 is 0 Å². The van der Waals surface area contributed by atoms with Crippen molar-refractivity contribution in [2.45, 2.75) is 38.7 Å². The fraction of sp³-hybridized carbons (Fsp3) is 0.500. The molecule has 1 aliphatic rings. The summed E-state index contributed by atoms with van der Waals surface area (Å²) in [5.74, 6) is 0.454. The van der Waals surface area contributed by atoms with Crippen LogP contribution in [0.25, 0.3) is 0 Å². The molecule has 86 valence electrons. The van der Waals surface area contributed by atoms with E-state index in [1.54, 1.807) is 6.20 Å². The number of rotatable bonds is 4. The summed E-state index contributed by atoms with van der Waals surface area (Å²) in [5.41, 5.74) is 6.47. The third-order valence-electron chi connectivity index (χ3n) is 2.57. The van der Waals surface area contributed by atoms with Crippen LogP contribution in [0.4, 0.5) is 0 Å². The standard InChI is InChI=1S/C12H16N2O2/c1-7(2)10-5-9(16-8-3-4-8)6-14-11(10)12(13)15/h5-8H,3-4H2,1-2H3,(H2,13,15). The number of primary amides is 1. The minimum Gasteiger partial charge on any atom is -0.489 e. The van der Waals surface area contributed by atoms with E-state index in [4.69, 9.17) is 10.5 Å². The number of pyridine rings is 1. The molecular formula is C12H16N2O2. The van der Waals surface area contributed by atoms with E-state index in [1.165, 1.54) is 0 Å². The number of nitrogens with zero attached hydrogens (tertiary/aromatic N) is 1. The molecule has 1 aromatic heterocycles. The maximum Gasteiger partial charge on any atom is 0.267 e. The van der Waals surface area contributed by atoms with Crippen LogP contribution in [0.3, 0.4) is 0 Å². The zero-order valence-electron chi connectivity index (χ0n) is 9.56. The minimum absolute atomic E-state index is 0.206. The van der Waals surface area contributed by atoms with Gasteiger partial charge in [0, 0.05) is 0 Å². The lowest BCUT2D eigenvalue weighted by Gasteiger charge is -2.12. The molecule has 0 saturated heterocycles. The summed E-state index contributed by atoms with van der Waals surface area (Å²) >= 11 is 0. The molecule has 2 rings (SSSR count). The van der Waals surface area contributed by atoms with Crippen molar-refractivity contribution >= 4 is 5.91 Å². The average molecular weight is 220 g/mol. The van der Waals surface area contributed by atoms with E-state index in [0.29, 0.717) is 11.8 Å². The fourth-order valence-electron chi connectivity index (χ4n) is 1.55. The molecule has 1 aromatic rings. The number of carbonyl (C=O) groups is 1. The molecule has 4 nitrogen and oxygen atoms in total. The first kappa shape index (κ1) is 10.9. The molecule has 0 atom stereocenters. The molecule has 2 N–H and O–H groups in total. The Morgan fingerprint density at radius 2 is 2.25 bits per heavy atom. The number of carbonyl (C=O) groups excluding carboxylic acids is 1. The lowest BCUT2D eigenvalue weighted by atomic mass is 10.0. The van der Waals surface area contributed by atoms with Gasteiger partial charge in [0.05, 0.1) is 12.3 Å². The smallest absolute Gasteiger partial charge is 0.267 e. The van der Waals surface area contributed by atoms with Crippen LogP contribution in [0.2, 0.25) is 0 Å². The molecule has 0 aliphatic heterocycles. The first-order chi connectivity index (χ1) is 7.58. The normalized spacial score (nSPS) is 15.2. The first-order valence-corrected chi connectivity index (χ1v) is 5.54. The Bertz CT molecular complexity index is 411. The molecule has 1 aliphatic carbocycles. The number of amides is 1. The number of hydrogen-bond donors (Lipinski definition) is 1. The quantitative estimate of drug-likeness (QED) is 0.842. The predicted octanol–water partition coefficient (Wildman–Crippen LogP) is 1.85. The maximum atomic E-state index is 11.2. The molecule has 1 amide bonds. The van der Waals surface area contributed by atoms with Gasteiger partial charge in [-0.2, -0.15) is 0 Å². The van der Waals surface area contributed by atoms with Gasteiger partial charge in [0.1, 0.15) is 11.4 Å². The molecule has 1 heterocycles. The first-order valence-electron chi connectivity index (χ1n) is 5.54. The second kappa shape index (κ2) is 4.12. The summed E-state index contributed by atoms with van der Waals surface area (Å²) in [6.45, 7) is 4.01. The van der Waals surface area contributed by atoms with Crippen LogP contribution in [0.1, 0.15) is 48.7 Å². The molecular weight excluding hydrogens is 204 g/mol. The Morgan fingerprint density at radius 1 is 1.56 bits per heavy atom. The Morgan fingerprint density at radius 3 is 2.75 bits per heavy atom. The molecule has 1 saturated carbocycles. The largest absolute Gasteiger partial charge is 0.489 e. The number of aromatic nitrogens is 1. The number of hydrogen-bond acceptors (Lipinski definition) is 3. The van der Waals surface area contributed by atoms with Crippen molar-refractivity contribution in [3.63, 3.8) is 0 Å². The monoisotopic (exact) mass is 220 g/mol. The highest BCUT2D eigenvalue weighted by atomic mass is 16.5. The van der Waals surface area contributed by atoms with Crippen LogP contribution in [-0.2, 0) is 0 Å². The molecule has 4 heteroatoms. The zero-order chi connectivity index (χ0) is 11.7. The Balaban J connectivity index is 2.30. The van der Waals surface area contributed by atoms with E-state index in [0.717, 1.165) is 24.2 Å². The van der Waals surface area contributed by atoms with Crippen LogP contribution < -0.4 is 10.5 Å². The third-order valence-corrected chi connectivity index (χ3v) is 2.57. The highest BCUT2D eigenvalue weighted by Crippen LogP contribution is 2.29. The van der Waals surface area contributed by atoms with Gasteiger partial charge < -0.3 is 10.5 Å². The van der Waals surface area contributed by atoms with E-state index < -0.39 is 5.91 Å². The summed E-state index contributed by atoms with van der Waals surface area (Å²) in [6.07, 6.45) is 4.12. The van der Waals surface area contributed by atoms with Gasteiger partial charge >= 0.3 is 0 Å². The van der Waals surface area contributed by atoms with Crippen molar-refractivity contribution in [1.29, 1.82) is 0 Å². The average Bonchev–Trinajstić information content (AvgIpc) is 3.01. The van der Waals surface area contributed by atoms with Crippen molar-refractivity contribution < 1.29 is 9.53 Å². The molecule has 0 aromatic carbocycles. The second-order valence-corrected chi connectivity index (χ2v) is 4.45. The molecule has 0 spiro atoms. The second-order valence-electron chi connectivity index (χ2n) is 4.45. The Kier molecular flexibility index (Phi) is 2.81. The highest BCUT2D eigenvalue weighted by Gasteiger charge is 2.24. The zero-order valence-corrected chi connectivity index (χ0v) is 9.56. The summed E-state index contributed by atoms with van der Waals surface area (Å²) in [5, 5.41) is 0. The lowest BCUT2D eigenvalue weighted by Crippen LogP contribution is -2.16. The van der Waals surface area contributed by atoms with Crippen LogP contribution in [-0.4, -0.2) is 17.0 Å². The number of nitrogens with two attached hydrogens (primary N) is 1. The summed E-state index contributed by atoms with van der Waals surface area (Å²) < 4.78 is 5.64.